The number of nitrogens with one attached hydrogen (secondary N) is 6. The van der Waals surface area contributed by atoms with Gasteiger partial charge in [-0.15, -0.1) is 0 Å². The van der Waals surface area contributed by atoms with Crippen LogP contribution in [0.3, 0.4) is 0 Å². The Hall–Kier alpha value is -4.24. The summed E-state index contributed by atoms with van der Waals surface area (Å²) >= 11 is 0. The highest BCUT2D eigenvalue weighted by atomic mass is 16.4. The number of amides is 7. The van der Waals surface area contributed by atoms with E-state index in [2.05, 4.69) is 31.9 Å². The first-order valence-corrected chi connectivity index (χ1v) is 9.97. The lowest BCUT2D eigenvalue weighted by Crippen LogP contribution is -2.54. The first kappa shape index (κ1) is 29.8. The third-order valence-corrected chi connectivity index (χ3v) is 3.88. The van der Waals surface area contributed by atoms with Crippen molar-refractivity contribution >= 4 is 47.3 Å². The number of aliphatic carboxylic acids is 1. The van der Waals surface area contributed by atoms with Crippen LogP contribution in [0.4, 0.5) is 0 Å². The molecule has 34 heavy (non-hydrogen) atoms. The Balaban J connectivity index is 4.78. The molecule has 0 unspecified atom stereocenters. The molecule has 0 bridgehead atoms. The first-order valence-electron chi connectivity index (χ1n) is 9.97. The van der Waals surface area contributed by atoms with Gasteiger partial charge >= 0.3 is 5.97 Å². The van der Waals surface area contributed by atoms with Crippen LogP contribution in [0.25, 0.3) is 0 Å². The monoisotopic (exact) mass is 487 g/mol. The van der Waals surface area contributed by atoms with E-state index in [4.69, 9.17) is 10.8 Å². The Morgan fingerprint density at radius 3 is 1.79 bits per heavy atom. The molecule has 0 aromatic rings. The zero-order valence-corrected chi connectivity index (χ0v) is 18.7. The summed E-state index contributed by atoms with van der Waals surface area (Å²) in [5.41, 5.74) is 4.87. The number of hydrogen-bond donors (Lipinski definition) is 8. The lowest BCUT2D eigenvalue weighted by atomic mass is 10.1. The fourth-order valence-electron chi connectivity index (χ4n) is 2.18. The van der Waals surface area contributed by atoms with Gasteiger partial charge in [-0.3, -0.25) is 38.4 Å². The maximum atomic E-state index is 12.5. The van der Waals surface area contributed by atoms with Crippen LogP contribution in [0.5, 0.6) is 0 Å². The number of nitrogens with two attached hydrogens (primary N) is 1. The number of carboxylic acids is 1. The van der Waals surface area contributed by atoms with Crippen LogP contribution >= 0.6 is 0 Å². The summed E-state index contributed by atoms with van der Waals surface area (Å²) in [6.45, 7) is 0.659. The highest BCUT2D eigenvalue weighted by molar-refractivity contribution is 5.94. The topological polar surface area (TPSA) is 255 Å². The number of carboxylic acid groups (broad SMARTS) is 1. The predicted octanol–water partition coefficient (Wildman–Crippen LogP) is -5.19. The molecule has 0 aliphatic rings. The average Bonchev–Trinajstić information content (AvgIpc) is 2.75. The minimum atomic E-state index is -1.34. The van der Waals surface area contributed by atoms with Gasteiger partial charge in [-0.25, -0.2) is 0 Å². The molecule has 0 aromatic carbocycles. The molecule has 0 saturated heterocycles. The van der Waals surface area contributed by atoms with Crippen molar-refractivity contribution in [2.45, 2.75) is 38.8 Å². The fraction of sp³-hybridized carbons (Fsp3) is 0.556. The van der Waals surface area contributed by atoms with Gasteiger partial charge in [-0.05, 0) is 13.3 Å². The smallest absolute Gasteiger partial charge is 0.303 e. The van der Waals surface area contributed by atoms with E-state index < -0.39 is 85.5 Å². The molecule has 0 spiro atoms. The van der Waals surface area contributed by atoms with Crippen molar-refractivity contribution in [3.63, 3.8) is 0 Å². The quantitative estimate of drug-likeness (QED) is 0.110. The fourth-order valence-corrected chi connectivity index (χ4v) is 2.18. The van der Waals surface area contributed by atoms with Crippen molar-refractivity contribution in [1.29, 1.82) is 0 Å². The predicted molar refractivity (Wildman–Crippen MR) is 113 cm³/mol. The van der Waals surface area contributed by atoms with Crippen LogP contribution < -0.4 is 37.6 Å². The van der Waals surface area contributed by atoms with E-state index in [0.29, 0.717) is 0 Å². The van der Waals surface area contributed by atoms with Crippen molar-refractivity contribution in [3.05, 3.63) is 0 Å². The van der Waals surface area contributed by atoms with Crippen LogP contribution in [0, 0.1) is 0 Å². The molecule has 0 aromatic heterocycles. The summed E-state index contributed by atoms with van der Waals surface area (Å²) in [6.07, 6.45) is -0.787. The molecule has 190 valence electrons. The molecule has 0 fully saturated rings. The number of primary amides is 1. The molecular weight excluding hydrogens is 458 g/mol. The Morgan fingerprint density at radius 1 is 0.735 bits per heavy atom. The molecule has 16 nitrogen and oxygen atoms in total. The molecule has 2 atom stereocenters. The van der Waals surface area contributed by atoms with Crippen molar-refractivity contribution in [3.8, 4) is 0 Å². The van der Waals surface area contributed by atoms with Crippen LogP contribution in [-0.4, -0.2) is 90.7 Å². The van der Waals surface area contributed by atoms with Gasteiger partial charge in [0.25, 0.3) is 0 Å². The van der Waals surface area contributed by atoms with E-state index in [9.17, 15) is 38.4 Å². The van der Waals surface area contributed by atoms with Gasteiger partial charge in [-0.2, -0.15) is 0 Å². The first-order chi connectivity index (χ1) is 15.8. The van der Waals surface area contributed by atoms with Crippen LogP contribution in [0.15, 0.2) is 0 Å². The second-order valence-corrected chi connectivity index (χ2v) is 6.93. The number of carbonyl (C=O) groups is 8. The number of rotatable bonds is 15. The third-order valence-electron chi connectivity index (χ3n) is 3.88. The average molecular weight is 487 g/mol. The van der Waals surface area contributed by atoms with Gasteiger partial charge in [0.15, 0.2) is 0 Å². The van der Waals surface area contributed by atoms with Crippen LogP contribution in [-0.2, 0) is 38.4 Å². The van der Waals surface area contributed by atoms with E-state index in [-0.39, 0.29) is 13.0 Å². The normalized spacial score (nSPS) is 11.7. The zero-order valence-electron chi connectivity index (χ0n) is 18.7. The molecule has 0 heterocycles. The summed E-state index contributed by atoms with van der Waals surface area (Å²) in [5.74, 6) is -6.28. The maximum Gasteiger partial charge on any atom is 0.303 e. The van der Waals surface area contributed by atoms with E-state index in [1.54, 1.807) is 0 Å². The Kier molecular flexibility index (Phi) is 13.6. The van der Waals surface area contributed by atoms with Gasteiger partial charge in [0.1, 0.15) is 12.1 Å². The molecule has 0 aliphatic carbocycles. The summed E-state index contributed by atoms with van der Waals surface area (Å²) < 4.78 is 0. The second kappa shape index (κ2) is 15.5. The van der Waals surface area contributed by atoms with E-state index in [1.807, 2.05) is 0 Å². The minimum Gasteiger partial charge on any atom is -0.481 e. The zero-order chi connectivity index (χ0) is 26.3. The van der Waals surface area contributed by atoms with Gasteiger partial charge in [0.05, 0.1) is 26.2 Å². The van der Waals surface area contributed by atoms with Gasteiger partial charge in [-0.1, -0.05) is 0 Å². The Morgan fingerprint density at radius 2 is 1.26 bits per heavy atom. The highest BCUT2D eigenvalue weighted by Crippen LogP contribution is 1.99. The second-order valence-electron chi connectivity index (χ2n) is 6.93. The lowest BCUT2D eigenvalue weighted by Gasteiger charge is -2.21. The van der Waals surface area contributed by atoms with Crippen LogP contribution in [0.2, 0.25) is 0 Å². The van der Waals surface area contributed by atoms with Crippen molar-refractivity contribution in [2.75, 3.05) is 26.2 Å². The molecular formula is C18H29N7O9. The number of hydrogen-bond acceptors (Lipinski definition) is 8. The summed E-state index contributed by atoms with van der Waals surface area (Å²) in [4.78, 5) is 91.8. The van der Waals surface area contributed by atoms with Crippen LogP contribution in [0.1, 0.15) is 26.7 Å². The minimum absolute atomic E-state index is 0.309. The van der Waals surface area contributed by atoms with Crippen molar-refractivity contribution < 1.29 is 43.5 Å². The molecule has 7 amide bonds. The third kappa shape index (κ3) is 14.7. The Bertz CT molecular complexity index is 816. The molecule has 0 aliphatic heterocycles. The summed E-state index contributed by atoms with van der Waals surface area (Å²) in [7, 11) is 0. The van der Waals surface area contributed by atoms with E-state index in [1.165, 1.54) is 13.8 Å². The largest absolute Gasteiger partial charge is 0.481 e. The van der Waals surface area contributed by atoms with E-state index in [0.717, 1.165) is 0 Å². The lowest BCUT2D eigenvalue weighted by molar-refractivity contribution is -0.138. The highest BCUT2D eigenvalue weighted by Gasteiger charge is 2.25. The van der Waals surface area contributed by atoms with Gasteiger partial charge in [0.2, 0.25) is 41.4 Å². The maximum absolute atomic E-state index is 12.5. The summed E-state index contributed by atoms with van der Waals surface area (Å²) in [5, 5.41) is 22.2. The van der Waals surface area contributed by atoms with Gasteiger partial charge < -0.3 is 42.7 Å². The number of carbonyl (C=O) groups excluding carboxylic acids is 7. The molecule has 9 N–H and O–H groups in total. The summed E-state index contributed by atoms with van der Waals surface area (Å²) in [6, 6.07) is -2.51. The molecule has 0 rings (SSSR count). The molecule has 16 heteroatoms. The Labute approximate surface area is 194 Å². The SMILES string of the molecule is CC(=O)NCC(=O)NCC(=O)N[C@@H](CCC(=O)O)C(=O)N[C@@H](C)C(=O)NCC(=O)NCC(N)=O. The van der Waals surface area contributed by atoms with Gasteiger partial charge in [0, 0.05) is 13.3 Å². The van der Waals surface area contributed by atoms with E-state index >= 15 is 0 Å². The van der Waals surface area contributed by atoms with Crippen molar-refractivity contribution in [2.24, 2.45) is 5.73 Å². The van der Waals surface area contributed by atoms with Crippen molar-refractivity contribution in [1.82, 2.24) is 31.9 Å². The standard InChI is InChI=1S/C18H29N7O9/c1-9(17(33)23-7-14(29)21-5-12(19)27)24-18(34)11(3-4-16(31)32)25-15(30)8-22-13(28)6-20-10(2)26/h9,11H,3-8H2,1-2H3,(H2,19,27)(H,20,26)(H,21,29)(H,22,28)(H,23,33)(H,24,34)(H,25,30)(H,31,32)/t9-,11-/m0/s1. The molecule has 0 saturated carbocycles. The molecule has 0 radical (unpaired) electrons.